The van der Waals surface area contributed by atoms with Crippen molar-refractivity contribution in [1.82, 2.24) is 24.5 Å². The number of nitrogens with one attached hydrogen (secondary N) is 1. The highest BCUT2D eigenvalue weighted by Gasteiger charge is 2.30. The van der Waals surface area contributed by atoms with E-state index in [4.69, 9.17) is 0 Å². The summed E-state index contributed by atoms with van der Waals surface area (Å²) in [5.74, 6) is -0.286. The molecule has 0 saturated carbocycles. The lowest BCUT2D eigenvalue weighted by Crippen LogP contribution is -2.28. The first-order valence-corrected chi connectivity index (χ1v) is 9.19. The largest absolute Gasteiger partial charge is 0.416 e. The normalized spacial score (nSPS) is 11.8. The van der Waals surface area contributed by atoms with E-state index in [9.17, 15) is 18.0 Å². The number of nitrogens with zero attached hydrogens (tertiary/aromatic N) is 4. The molecule has 0 radical (unpaired) electrons. The molecule has 10 heteroatoms. The molecule has 3 aromatic heterocycles. The number of thiazole rings is 1. The SMILES string of the molecule is O=C(NCCn1cccn1)c1csc2nc(-c3cccc(C(F)(F)F)c3)cn12. The second-order valence-corrected chi connectivity index (χ2v) is 6.84. The summed E-state index contributed by atoms with van der Waals surface area (Å²) in [4.78, 5) is 17.3. The molecule has 0 aliphatic carbocycles. The number of benzene rings is 1. The van der Waals surface area contributed by atoms with Gasteiger partial charge in [0, 0.05) is 36.1 Å². The van der Waals surface area contributed by atoms with Crippen LogP contribution in [-0.2, 0) is 12.7 Å². The molecule has 3 heterocycles. The van der Waals surface area contributed by atoms with Gasteiger partial charge in [-0.25, -0.2) is 4.98 Å². The zero-order valence-electron chi connectivity index (χ0n) is 14.3. The molecule has 0 unspecified atom stereocenters. The number of halogens is 3. The molecule has 6 nitrogen and oxygen atoms in total. The van der Waals surface area contributed by atoms with E-state index in [-0.39, 0.29) is 5.91 Å². The van der Waals surface area contributed by atoms with Gasteiger partial charge in [0.1, 0.15) is 5.69 Å². The van der Waals surface area contributed by atoms with Gasteiger partial charge < -0.3 is 5.32 Å². The Morgan fingerprint density at radius 2 is 2.11 bits per heavy atom. The number of aromatic nitrogens is 4. The first kappa shape index (κ1) is 18.2. The molecule has 1 amide bonds. The van der Waals surface area contributed by atoms with Crippen LogP contribution in [0.25, 0.3) is 16.2 Å². The molecule has 4 rings (SSSR count). The van der Waals surface area contributed by atoms with E-state index in [1.54, 1.807) is 45.2 Å². The van der Waals surface area contributed by atoms with E-state index in [0.29, 0.717) is 35.0 Å². The molecule has 1 N–H and O–H groups in total. The summed E-state index contributed by atoms with van der Waals surface area (Å²) in [5, 5.41) is 8.53. The second-order valence-electron chi connectivity index (χ2n) is 6.00. The molecule has 0 atom stereocenters. The van der Waals surface area contributed by atoms with Crippen LogP contribution in [-0.4, -0.2) is 31.6 Å². The maximum atomic E-state index is 12.9. The number of hydrogen-bond acceptors (Lipinski definition) is 4. The Kier molecular flexibility index (Phi) is 4.63. The van der Waals surface area contributed by atoms with Crippen molar-refractivity contribution in [1.29, 1.82) is 0 Å². The quantitative estimate of drug-likeness (QED) is 0.551. The Labute approximate surface area is 161 Å². The lowest BCUT2D eigenvalue weighted by molar-refractivity contribution is -0.137. The smallest absolute Gasteiger partial charge is 0.349 e. The van der Waals surface area contributed by atoms with Gasteiger partial charge in [-0.1, -0.05) is 12.1 Å². The molecule has 4 aromatic rings. The van der Waals surface area contributed by atoms with Crippen LogP contribution in [0.2, 0.25) is 0 Å². The lowest BCUT2D eigenvalue weighted by atomic mass is 10.1. The van der Waals surface area contributed by atoms with Crippen molar-refractivity contribution >= 4 is 22.2 Å². The molecule has 144 valence electrons. The van der Waals surface area contributed by atoms with Gasteiger partial charge in [-0.2, -0.15) is 18.3 Å². The molecular formula is C18H14F3N5OS. The van der Waals surface area contributed by atoms with Crippen LogP contribution in [0.15, 0.2) is 54.3 Å². The molecular weight excluding hydrogens is 391 g/mol. The summed E-state index contributed by atoms with van der Waals surface area (Å²) in [6.45, 7) is 0.929. The number of hydrogen-bond donors (Lipinski definition) is 1. The Morgan fingerprint density at radius 1 is 1.25 bits per heavy atom. The third-order valence-corrected chi connectivity index (χ3v) is 4.95. The molecule has 0 fully saturated rings. The van der Waals surface area contributed by atoms with Crippen molar-refractivity contribution in [3.05, 3.63) is 65.6 Å². The van der Waals surface area contributed by atoms with Crippen molar-refractivity contribution in [2.45, 2.75) is 12.7 Å². The van der Waals surface area contributed by atoms with E-state index in [1.807, 2.05) is 0 Å². The summed E-state index contributed by atoms with van der Waals surface area (Å²) in [7, 11) is 0. The zero-order valence-corrected chi connectivity index (χ0v) is 15.2. The average molecular weight is 405 g/mol. The van der Waals surface area contributed by atoms with Gasteiger partial charge in [-0.05, 0) is 18.2 Å². The van der Waals surface area contributed by atoms with Crippen molar-refractivity contribution in [2.75, 3.05) is 6.54 Å². The highest BCUT2D eigenvalue weighted by Crippen LogP contribution is 2.32. The van der Waals surface area contributed by atoms with Crippen LogP contribution in [0.1, 0.15) is 16.1 Å². The second kappa shape index (κ2) is 7.12. The molecule has 28 heavy (non-hydrogen) atoms. The van der Waals surface area contributed by atoms with Gasteiger partial charge in [0.2, 0.25) is 0 Å². The van der Waals surface area contributed by atoms with Crippen LogP contribution in [0.3, 0.4) is 0 Å². The number of alkyl halides is 3. The van der Waals surface area contributed by atoms with Gasteiger partial charge in [-0.3, -0.25) is 13.9 Å². The predicted molar refractivity (Wildman–Crippen MR) is 98.1 cm³/mol. The van der Waals surface area contributed by atoms with Gasteiger partial charge in [-0.15, -0.1) is 11.3 Å². The monoisotopic (exact) mass is 405 g/mol. The Bertz CT molecular complexity index is 1110. The Morgan fingerprint density at radius 3 is 2.86 bits per heavy atom. The number of rotatable bonds is 5. The topological polar surface area (TPSA) is 64.2 Å². The summed E-state index contributed by atoms with van der Waals surface area (Å²) in [6, 6.07) is 6.77. The molecule has 1 aromatic carbocycles. The summed E-state index contributed by atoms with van der Waals surface area (Å²) in [6.07, 6.45) is 0.605. The number of carbonyl (C=O) groups is 1. The number of amides is 1. The minimum atomic E-state index is -4.42. The van der Waals surface area contributed by atoms with Gasteiger partial charge in [0.25, 0.3) is 5.91 Å². The van der Waals surface area contributed by atoms with E-state index in [1.165, 1.54) is 17.4 Å². The molecule has 0 aliphatic rings. The van der Waals surface area contributed by atoms with E-state index in [2.05, 4.69) is 15.4 Å². The molecule has 0 bridgehead atoms. The third-order valence-electron chi connectivity index (χ3n) is 4.11. The van der Waals surface area contributed by atoms with Crippen molar-refractivity contribution in [3.63, 3.8) is 0 Å². The van der Waals surface area contributed by atoms with Crippen molar-refractivity contribution in [3.8, 4) is 11.3 Å². The van der Waals surface area contributed by atoms with Gasteiger partial charge in [0.15, 0.2) is 4.96 Å². The fourth-order valence-electron chi connectivity index (χ4n) is 2.75. The fraction of sp³-hybridized carbons (Fsp3) is 0.167. The minimum Gasteiger partial charge on any atom is -0.349 e. The molecule has 0 saturated heterocycles. The molecule has 0 aliphatic heterocycles. The van der Waals surface area contributed by atoms with E-state index >= 15 is 0 Å². The number of fused-ring (bicyclic) bond motifs is 1. The lowest BCUT2D eigenvalue weighted by Gasteiger charge is -2.07. The number of carbonyl (C=O) groups excluding carboxylic acids is 1. The van der Waals surface area contributed by atoms with Crippen LogP contribution in [0.4, 0.5) is 13.2 Å². The van der Waals surface area contributed by atoms with Crippen LogP contribution < -0.4 is 5.32 Å². The maximum Gasteiger partial charge on any atom is 0.416 e. The minimum absolute atomic E-state index is 0.286. The third kappa shape index (κ3) is 3.63. The van der Waals surface area contributed by atoms with Crippen molar-refractivity contribution in [2.24, 2.45) is 0 Å². The fourth-order valence-corrected chi connectivity index (χ4v) is 3.60. The highest BCUT2D eigenvalue weighted by molar-refractivity contribution is 7.15. The molecule has 0 spiro atoms. The standard InChI is InChI=1S/C18H14F3N5OS/c19-18(20,21)13-4-1-3-12(9-13)14-10-26-15(11-28-17(26)24-14)16(27)22-6-8-25-7-2-5-23-25/h1-5,7,9-11H,6,8H2,(H,22,27). The van der Waals surface area contributed by atoms with Crippen LogP contribution >= 0.6 is 11.3 Å². The van der Waals surface area contributed by atoms with Crippen LogP contribution in [0.5, 0.6) is 0 Å². The first-order chi connectivity index (χ1) is 13.4. The Hall–Kier alpha value is -3.14. The average Bonchev–Trinajstić information content (AvgIpc) is 3.38. The van der Waals surface area contributed by atoms with Gasteiger partial charge >= 0.3 is 6.18 Å². The summed E-state index contributed by atoms with van der Waals surface area (Å²) >= 11 is 1.25. The summed E-state index contributed by atoms with van der Waals surface area (Å²) < 4.78 is 42.1. The maximum absolute atomic E-state index is 12.9. The number of imidazole rings is 1. The van der Waals surface area contributed by atoms with Gasteiger partial charge in [0.05, 0.1) is 17.8 Å². The van der Waals surface area contributed by atoms with Crippen LogP contribution in [0, 0.1) is 0 Å². The first-order valence-electron chi connectivity index (χ1n) is 8.32. The van der Waals surface area contributed by atoms with E-state index < -0.39 is 11.7 Å². The highest BCUT2D eigenvalue weighted by atomic mass is 32.1. The predicted octanol–water partition coefficient (Wildman–Crippen LogP) is 3.71. The van der Waals surface area contributed by atoms with E-state index in [0.717, 1.165) is 12.1 Å². The zero-order chi connectivity index (χ0) is 19.7. The van der Waals surface area contributed by atoms with Crippen molar-refractivity contribution < 1.29 is 18.0 Å². The Balaban J connectivity index is 1.54. The summed E-state index contributed by atoms with van der Waals surface area (Å²) in [5.41, 5.74) is 0.364.